The van der Waals surface area contributed by atoms with Gasteiger partial charge in [-0.15, -0.1) is 0 Å². The molecule has 0 spiro atoms. The van der Waals surface area contributed by atoms with Crippen LogP contribution in [0.15, 0.2) is 24.3 Å². The van der Waals surface area contributed by atoms with Crippen LogP contribution in [0.1, 0.15) is 41.1 Å². The van der Waals surface area contributed by atoms with Gasteiger partial charge in [-0.3, -0.25) is 0 Å². The third kappa shape index (κ3) is 2.27. The van der Waals surface area contributed by atoms with Crippen LogP contribution in [-0.2, 0) is 13.0 Å². The van der Waals surface area contributed by atoms with E-state index in [0.717, 1.165) is 47.0 Å². The second kappa shape index (κ2) is 5.80. The molecule has 3 heterocycles. The summed E-state index contributed by atoms with van der Waals surface area (Å²) >= 11 is 0. The number of quaternary nitrogens is 1. The van der Waals surface area contributed by atoms with Crippen LogP contribution in [0.5, 0.6) is 23.0 Å². The molecule has 0 bridgehead atoms. The lowest BCUT2D eigenvalue weighted by Crippen LogP contribution is -2.54. The van der Waals surface area contributed by atoms with Crippen molar-refractivity contribution in [1.29, 1.82) is 0 Å². The molecule has 3 aliphatic heterocycles. The summed E-state index contributed by atoms with van der Waals surface area (Å²) in [5.74, 6) is 3.84. The van der Waals surface area contributed by atoms with Gasteiger partial charge in [-0.2, -0.15) is 0 Å². The topological polar surface area (TPSA) is 36.9 Å². The Labute approximate surface area is 160 Å². The van der Waals surface area contributed by atoms with Crippen LogP contribution in [0, 0.1) is 0 Å². The van der Waals surface area contributed by atoms with E-state index in [-0.39, 0.29) is 0 Å². The highest BCUT2D eigenvalue weighted by Crippen LogP contribution is 2.54. The van der Waals surface area contributed by atoms with E-state index < -0.39 is 0 Å². The number of rotatable bonds is 2. The zero-order valence-corrected chi connectivity index (χ0v) is 16.4. The van der Waals surface area contributed by atoms with Crippen molar-refractivity contribution in [3.05, 3.63) is 46.5 Å². The maximum absolute atomic E-state index is 5.77. The number of nitrogens with zero attached hydrogens (tertiary/aromatic N) is 1. The normalized spacial score (nSPS) is 27.4. The molecule has 0 radical (unpaired) electrons. The molecule has 0 fully saturated rings. The van der Waals surface area contributed by atoms with Crippen molar-refractivity contribution in [2.24, 2.45) is 0 Å². The van der Waals surface area contributed by atoms with E-state index in [2.05, 4.69) is 32.2 Å². The van der Waals surface area contributed by atoms with E-state index in [0.29, 0.717) is 18.8 Å². The van der Waals surface area contributed by atoms with Crippen LogP contribution in [0.25, 0.3) is 0 Å². The summed E-state index contributed by atoms with van der Waals surface area (Å²) in [6.07, 6.45) is 1.05. The Balaban J connectivity index is 1.67. The molecule has 2 aromatic rings. The molecule has 5 heteroatoms. The van der Waals surface area contributed by atoms with Gasteiger partial charge in [0.2, 0.25) is 6.79 Å². The van der Waals surface area contributed by atoms with E-state index in [9.17, 15) is 0 Å². The molecule has 3 atom stereocenters. The highest BCUT2D eigenvalue weighted by atomic mass is 16.7. The lowest BCUT2D eigenvalue weighted by atomic mass is 9.75. The van der Waals surface area contributed by atoms with E-state index in [1.165, 1.54) is 22.3 Å². The summed E-state index contributed by atoms with van der Waals surface area (Å²) < 4.78 is 23.6. The first-order valence-electron chi connectivity index (χ1n) is 9.56. The smallest absolute Gasteiger partial charge is 0.231 e. The lowest BCUT2D eigenvalue weighted by Gasteiger charge is -2.51. The summed E-state index contributed by atoms with van der Waals surface area (Å²) in [5, 5.41) is 0. The number of fused-ring (bicyclic) bond motifs is 5. The molecule has 3 aliphatic rings. The molecule has 0 saturated carbocycles. The fourth-order valence-electron chi connectivity index (χ4n) is 5.46. The number of hydrogen-bond acceptors (Lipinski definition) is 4. The zero-order chi connectivity index (χ0) is 18.8. The van der Waals surface area contributed by atoms with Gasteiger partial charge < -0.3 is 23.4 Å². The summed E-state index contributed by atoms with van der Waals surface area (Å²) in [6.45, 7) is 4.70. The van der Waals surface area contributed by atoms with Gasteiger partial charge in [0.15, 0.2) is 23.0 Å². The molecular weight excluding hydrogens is 342 g/mol. The molecule has 0 aromatic heterocycles. The number of ether oxygens (including phenoxy) is 4. The molecule has 0 unspecified atom stereocenters. The standard InChI is InChI=1S/C22H26NO4/c1-13-15-5-6-18(24-3)22(25-4)17(15)11-23(2)8-7-14-9-19-20(27-12-26-19)10-16(14)21(13)23/h5-6,9-10,13,21H,7-8,11-12H2,1-4H3/q+1/t13-,21-,23-/m0/s1. The lowest BCUT2D eigenvalue weighted by molar-refractivity contribution is -0.957. The van der Waals surface area contributed by atoms with Gasteiger partial charge in [0.05, 0.1) is 33.4 Å². The van der Waals surface area contributed by atoms with Crippen molar-refractivity contribution in [2.45, 2.75) is 31.8 Å². The van der Waals surface area contributed by atoms with Gasteiger partial charge in [-0.1, -0.05) is 13.0 Å². The number of benzene rings is 2. The first kappa shape index (κ1) is 16.8. The van der Waals surface area contributed by atoms with Gasteiger partial charge >= 0.3 is 0 Å². The van der Waals surface area contributed by atoms with Crippen LogP contribution in [0.2, 0.25) is 0 Å². The SMILES string of the molecule is COc1ccc2c(c1OC)C[N@+]1(C)CCc3cc4c(cc3[C@@H]1[C@H]2C)OCO4. The third-order valence-electron chi connectivity index (χ3n) is 6.68. The van der Waals surface area contributed by atoms with E-state index >= 15 is 0 Å². The highest BCUT2D eigenvalue weighted by molar-refractivity contribution is 5.55. The largest absolute Gasteiger partial charge is 0.493 e. The second-order valence-corrected chi connectivity index (χ2v) is 8.12. The summed E-state index contributed by atoms with van der Waals surface area (Å²) in [5.41, 5.74) is 5.45. The Bertz CT molecular complexity index is 925. The van der Waals surface area contributed by atoms with E-state index in [1.807, 2.05) is 6.07 Å². The average Bonchev–Trinajstić information content (AvgIpc) is 3.12. The molecule has 0 amide bonds. The first-order valence-corrected chi connectivity index (χ1v) is 9.56. The molecule has 5 nitrogen and oxygen atoms in total. The minimum Gasteiger partial charge on any atom is -0.493 e. The Morgan fingerprint density at radius 3 is 2.56 bits per heavy atom. The maximum atomic E-state index is 5.77. The zero-order valence-electron chi connectivity index (χ0n) is 16.4. The molecule has 0 N–H and O–H groups in total. The van der Waals surface area contributed by atoms with Crippen molar-refractivity contribution >= 4 is 0 Å². The minimum atomic E-state index is 0.324. The predicted molar refractivity (Wildman–Crippen MR) is 102 cm³/mol. The minimum absolute atomic E-state index is 0.324. The van der Waals surface area contributed by atoms with Crippen molar-refractivity contribution in [3.63, 3.8) is 0 Å². The van der Waals surface area contributed by atoms with Crippen LogP contribution in [-0.4, -0.2) is 39.1 Å². The predicted octanol–water partition coefficient (Wildman–Crippen LogP) is 3.79. The molecule has 142 valence electrons. The maximum Gasteiger partial charge on any atom is 0.231 e. The van der Waals surface area contributed by atoms with E-state index in [1.54, 1.807) is 14.2 Å². The fourth-order valence-corrected chi connectivity index (χ4v) is 5.46. The summed E-state index contributed by atoms with van der Waals surface area (Å²) in [6, 6.07) is 9.06. The van der Waals surface area contributed by atoms with Crippen molar-refractivity contribution in [3.8, 4) is 23.0 Å². The van der Waals surface area contributed by atoms with Crippen molar-refractivity contribution in [2.75, 3.05) is 34.6 Å². The molecule has 0 aliphatic carbocycles. The molecular formula is C22H26NO4+. The van der Waals surface area contributed by atoms with Crippen LogP contribution >= 0.6 is 0 Å². The van der Waals surface area contributed by atoms with Gasteiger partial charge in [0.1, 0.15) is 12.6 Å². The number of hydrogen-bond donors (Lipinski definition) is 0. The molecule has 27 heavy (non-hydrogen) atoms. The Kier molecular flexibility index (Phi) is 3.60. The monoisotopic (exact) mass is 368 g/mol. The number of likely N-dealkylation sites (N-methyl/N-ethyl adjacent to an activating group) is 1. The van der Waals surface area contributed by atoms with Crippen molar-refractivity contribution in [1.82, 2.24) is 0 Å². The third-order valence-corrected chi connectivity index (χ3v) is 6.68. The molecule has 2 aromatic carbocycles. The van der Waals surface area contributed by atoms with Crippen LogP contribution < -0.4 is 18.9 Å². The summed E-state index contributed by atoms with van der Waals surface area (Å²) in [4.78, 5) is 0. The number of methoxy groups -OCH3 is 2. The van der Waals surface area contributed by atoms with Gasteiger partial charge in [-0.05, 0) is 29.3 Å². The Morgan fingerprint density at radius 2 is 1.81 bits per heavy atom. The molecule has 5 rings (SSSR count). The average molecular weight is 368 g/mol. The van der Waals surface area contributed by atoms with Crippen LogP contribution in [0.4, 0.5) is 0 Å². The van der Waals surface area contributed by atoms with Gasteiger partial charge in [-0.25, -0.2) is 0 Å². The van der Waals surface area contributed by atoms with Gasteiger partial charge in [0.25, 0.3) is 0 Å². The molecule has 0 saturated heterocycles. The fraction of sp³-hybridized carbons (Fsp3) is 0.455. The second-order valence-electron chi connectivity index (χ2n) is 8.12. The first-order chi connectivity index (χ1) is 13.1. The Hall–Kier alpha value is -2.40. The highest BCUT2D eigenvalue weighted by Gasteiger charge is 2.48. The summed E-state index contributed by atoms with van der Waals surface area (Å²) in [7, 11) is 5.81. The van der Waals surface area contributed by atoms with E-state index in [4.69, 9.17) is 18.9 Å². The van der Waals surface area contributed by atoms with Gasteiger partial charge in [0, 0.05) is 17.9 Å². The van der Waals surface area contributed by atoms with Crippen LogP contribution in [0.3, 0.4) is 0 Å². The van der Waals surface area contributed by atoms with Crippen molar-refractivity contribution < 1.29 is 23.4 Å². The Morgan fingerprint density at radius 1 is 1.04 bits per heavy atom. The quantitative estimate of drug-likeness (QED) is 0.756.